The van der Waals surface area contributed by atoms with Gasteiger partial charge in [0.1, 0.15) is 0 Å². The summed E-state index contributed by atoms with van der Waals surface area (Å²) in [6.45, 7) is 9.12. The van der Waals surface area contributed by atoms with Gasteiger partial charge in [-0.25, -0.2) is 0 Å². The second-order valence-electron chi connectivity index (χ2n) is 13.5. The van der Waals surface area contributed by atoms with Crippen molar-refractivity contribution in [3.63, 3.8) is 0 Å². The van der Waals surface area contributed by atoms with Crippen molar-refractivity contribution in [2.24, 2.45) is 0 Å². The first-order chi connectivity index (χ1) is 19.0. The molecule has 0 atom stereocenters. The fourth-order valence-electron chi connectivity index (χ4n) is 7.87. The van der Waals surface area contributed by atoms with Crippen LogP contribution < -0.4 is 0 Å². The van der Waals surface area contributed by atoms with E-state index in [-0.39, 0.29) is 31.8 Å². The van der Waals surface area contributed by atoms with Crippen LogP contribution in [0.3, 0.4) is 0 Å². The molecule has 0 radical (unpaired) electrons. The van der Waals surface area contributed by atoms with Gasteiger partial charge in [0.25, 0.3) is 0 Å². The summed E-state index contributed by atoms with van der Waals surface area (Å²) in [7, 11) is 9.39. The molecule has 0 saturated heterocycles. The van der Waals surface area contributed by atoms with Crippen molar-refractivity contribution in [3.05, 3.63) is 23.3 Å². The van der Waals surface area contributed by atoms with Gasteiger partial charge in [-0.15, -0.1) is 0 Å². The van der Waals surface area contributed by atoms with Gasteiger partial charge in [0.15, 0.2) is 0 Å². The number of allylic oxidation sites excluding steroid dienone is 4. The average Bonchev–Trinajstić information content (AvgIpc) is 2.96. The molecule has 0 spiro atoms. The van der Waals surface area contributed by atoms with E-state index in [0.29, 0.717) is 0 Å². The van der Waals surface area contributed by atoms with E-state index in [1.165, 1.54) is 89.4 Å². The van der Waals surface area contributed by atoms with Crippen LogP contribution in [0.25, 0.3) is 0 Å². The molecule has 0 bridgehead atoms. The zero-order valence-electron chi connectivity index (χ0n) is 26.1. The maximum absolute atomic E-state index is 4.81. The summed E-state index contributed by atoms with van der Waals surface area (Å²) < 4.78 is 0. The number of hydrogen-bond acceptors (Lipinski definition) is 0. The van der Waals surface area contributed by atoms with Gasteiger partial charge in [-0.05, 0) is 143 Å². The van der Waals surface area contributed by atoms with Crippen molar-refractivity contribution in [2.75, 3.05) is 12.3 Å². The third kappa shape index (κ3) is 15.7. The Hall–Kier alpha value is 1.58. The summed E-state index contributed by atoms with van der Waals surface area (Å²) in [5.41, 5.74) is 7.71. The van der Waals surface area contributed by atoms with Gasteiger partial charge in [-0.3, -0.25) is 0 Å². The first-order valence-corrected chi connectivity index (χ1v) is 24.5. The van der Waals surface area contributed by atoms with Crippen LogP contribution in [-0.4, -0.2) is 35.0 Å². The Labute approximate surface area is 263 Å². The van der Waals surface area contributed by atoms with E-state index in [2.05, 4.69) is 39.8 Å². The quantitative estimate of drug-likeness (QED) is 0.134. The van der Waals surface area contributed by atoms with E-state index in [0.717, 1.165) is 22.6 Å². The van der Waals surface area contributed by atoms with E-state index in [1.807, 2.05) is 0 Å². The third-order valence-corrected chi connectivity index (χ3v) is 17.9. The molecule has 4 aliphatic rings. The SMILES string of the molecule is CC(C)=CC[PH+](C1CCCCC1)C1CCCCC1.CC(C)=CC[PH+](C1CCCCC1)C1CCCCC1.[Cl][Pd][Cl]. The Morgan fingerprint density at radius 1 is 0.487 bits per heavy atom. The molecule has 0 aromatic heterocycles. The van der Waals surface area contributed by atoms with Crippen molar-refractivity contribution >= 4 is 34.9 Å². The van der Waals surface area contributed by atoms with Crippen molar-refractivity contribution in [1.82, 2.24) is 0 Å². The Morgan fingerprint density at radius 3 is 0.872 bits per heavy atom. The summed E-state index contributed by atoms with van der Waals surface area (Å²) >= 11 is -0.106. The molecule has 0 aromatic carbocycles. The molecule has 39 heavy (non-hydrogen) atoms. The molecule has 0 nitrogen and oxygen atoms in total. The van der Waals surface area contributed by atoms with Gasteiger partial charge in [0.2, 0.25) is 0 Å². The molecular weight excluding hydrogens is 648 g/mol. The van der Waals surface area contributed by atoms with Gasteiger partial charge in [0.05, 0.1) is 35.0 Å². The van der Waals surface area contributed by atoms with Crippen molar-refractivity contribution in [3.8, 4) is 0 Å². The summed E-state index contributed by atoms with van der Waals surface area (Å²) in [6.07, 6.45) is 38.9. The van der Waals surface area contributed by atoms with E-state index in [1.54, 1.807) is 62.5 Å². The molecule has 0 N–H and O–H groups in total. The second-order valence-corrected chi connectivity index (χ2v) is 22.2. The Morgan fingerprint density at radius 2 is 0.692 bits per heavy atom. The van der Waals surface area contributed by atoms with Gasteiger partial charge in [-0.1, -0.05) is 36.8 Å². The molecule has 0 heterocycles. The van der Waals surface area contributed by atoms with Crippen LogP contribution in [0, 0.1) is 0 Å². The molecular formula is C34H64Cl2P2Pd+2. The summed E-state index contributed by atoms with van der Waals surface area (Å²) in [6, 6.07) is 0. The molecule has 232 valence electrons. The molecule has 4 rings (SSSR count). The predicted octanol–water partition coefficient (Wildman–Crippen LogP) is 13.0. The normalized spacial score (nSPS) is 22.1. The van der Waals surface area contributed by atoms with Crippen LogP contribution in [0.2, 0.25) is 0 Å². The van der Waals surface area contributed by atoms with Gasteiger partial charge in [0, 0.05) is 15.8 Å². The van der Waals surface area contributed by atoms with E-state index >= 15 is 0 Å². The molecule has 4 fully saturated rings. The van der Waals surface area contributed by atoms with E-state index < -0.39 is 0 Å². The van der Waals surface area contributed by atoms with Crippen molar-refractivity contribution in [1.29, 1.82) is 0 Å². The van der Waals surface area contributed by atoms with Crippen molar-refractivity contribution in [2.45, 2.75) is 179 Å². The number of rotatable bonds is 8. The molecule has 0 amide bonds. The zero-order chi connectivity index (χ0) is 28.3. The first kappa shape index (κ1) is 36.8. The van der Waals surface area contributed by atoms with E-state index in [9.17, 15) is 0 Å². The maximum atomic E-state index is 4.81. The number of hydrogen-bond donors (Lipinski definition) is 0. The number of halogens is 2. The van der Waals surface area contributed by atoms with Gasteiger partial charge >= 0.3 is 35.0 Å². The predicted molar refractivity (Wildman–Crippen MR) is 184 cm³/mol. The molecule has 4 saturated carbocycles. The minimum atomic E-state index is -0.117. The second kappa shape index (κ2) is 23.0. The molecule has 0 unspecified atom stereocenters. The third-order valence-electron chi connectivity index (χ3n) is 10.0. The monoisotopic (exact) mass is 710 g/mol. The standard InChI is InChI=1S/2C17H31P.2ClH.Pd/c2*1-15(2)13-14-18(16-9-5-3-6-10-16)17-11-7-4-8-12-17;;;/h2*13,16-17H,3-12,14H2,1-2H3;2*1H;/q;;;;+2. The fraction of sp³-hybridized carbons (Fsp3) is 0.882. The Balaban J connectivity index is 0.000000249. The van der Waals surface area contributed by atoms with Crippen LogP contribution in [0.5, 0.6) is 0 Å². The minimum absolute atomic E-state index is 0.106. The van der Waals surface area contributed by atoms with E-state index in [4.69, 9.17) is 19.1 Å². The summed E-state index contributed by atoms with van der Waals surface area (Å²) in [5, 5.41) is 0. The van der Waals surface area contributed by atoms with Crippen LogP contribution in [0.15, 0.2) is 23.3 Å². The van der Waals surface area contributed by atoms with Crippen molar-refractivity contribution < 1.29 is 15.9 Å². The van der Waals surface area contributed by atoms with Crippen LogP contribution in [0.1, 0.15) is 156 Å². The van der Waals surface area contributed by atoms with Crippen LogP contribution in [-0.2, 0) is 15.9 Å². The average molecular weight is 712 g/mol. The molecule has 5 heteroatoms. The molecule has 0 aliphatic heterocycles. The summed E-state index contributed by atoms with van der Waals surface area (Å²) in [5.74, 6) is 0. The topological polar surface area (TPSA) is 0 Å². The molecule has 0 aromatic rings. The first-order valence-electron chi connectivity index (χ1n) is 16.8. The Kier molecular flexibility index (Phi) is 21.7. The van der Waals surface area contributed by atoms with Crippen LogP contribution >= 0.6 is 34.9 Å². The fourth-order valence-corrected chi connectivity index (χ4v) is 16.4. The van der Waals surface area contributed by atoms with Gasteiger partial charge in [-0.2, -0.15) is 0 Å². The summed E-state index contributed by atoms with van der Waals surface area (Å²) in [4.78, 5) is 0. The Bertz CT molecular complexity index is 558. The molecule has 4 aliphatic carbocycles. The van der Waals surface area contributed by atoms with Crippen LogP contribution in [0.4, 0.5) is 0 Å². The zero-order valence-corrected chi connectivity index (χ0v) is 31.2. The van der Waals surface area contributed by atoms with Gasteiger partial charge < -0.3 is 0 Å².